The first-order valence-corrected chi connectivity index (χ1v) is 17.1. The van der Waals surface area contributed by atoms with Gasteiger partial charge in [0.1, 0.15) is 32.7 Å². The Hall–Kier alpha value is -5.54. The topological polar surface area (TPSA) is 199 Å². The number of aromatic hydroxyl groups is 2. The molecule has 0 spiro atoms. The molecule has 0 saturated carbocycles. The first-order chi connectivity index (χ1) is 22.7. The Balaban J connectivity index is 0.00000468. The van der Waals surface area contributed by atoms with Crippen LogP contribution in [0.3, 0.4) is 0 Å². The van der Waals surface area contributed by atoms with Gasteiger partial charge in [-0.05, 0) is 72.1 Å². The lowest BCUT2D eigenvalue weighted by molar-refractivity contribution is 0.476. The van der Waals surface area contributed by atoms with Gasteiger partial charge in [0.05, 0.1) is 11.4 Å². The van der Waals surface area contributed by atoms with Crippen molar-refractivity contribution in [1.82, 2.24) is 0 Å². The Morgan fingerprint density at radius 1 is 0.510 bits per heavy atom. The molecule has 0 unspecified atom stereocenters. The second kappa shape index (κ2) is 13.2. The third kappa shape index (κ3) is 6.89. The molecule has 0 atom stereocenters. The van der Waals surface area contributed by atoms with Crippen molar-refractivity contribution in [3.05, 3.63) is 108 Å². The molecule has 0 heterocycles. The van der Waals surface area contributed by atoms with Crippen molar-refractivity contribution in [1.29, 1.82) is 0 Å². The maximum Gasteiger partial charge on any atom is 0.295 e. The number of phenols is 2. The Bertz CT molecular complexity index is 2390. The highest BCUT2D eigenvalue weighted by Crippen LogP contribution is 2.42. The zero-order valence-corrected chi connectivity index (χ0v) is 26.9. The molecular formula is C35H30N4O8S2. The molecule has 49 heavy (non-hydrogen) atoms. The molecule has 0 saturated heterocycles. The standard InChI is InChI=1S/C34H26N4O8S2.CH4/c1-19-15-25(31(47(41,42)43)17-27(19)35-37-33-23-9-5-3-7-21(23)11-13-29(33)39)26-16-20(2)28(18-32(26)48(44,45)46)36-38-34-24-10-6-4-8-22(24)12-14-30(34)40;/h3-18,39-40H,1-2H3,(H,41,42,43)(H,44,45,46);1H4. The monoisotopic (exact) mass is 698 g/mol. The summed E-state index contributed by atoms with van der Waals surface area (Å²) in [6, 6.07) is 25.2. The predicted octanol–water partition coefficient (Wildman–Crippen LogP) is 9.65. The van der Waals surface area contributed by atoms with Gasteiger partial charge in [-0.2, -0.15) is 27.1 Å². The SMILES string of the molecule is C.Cc1cc(-c2cc(C)c(N=Nc3c(O)ccc4ccccc34)cc2S(=O)(=O)O)c(S(=O)(=O)O)cc1N=Nc1c(O)ccc2ccccc12. The van der Waals surface area contributed by atoms with Gasteiger partial charge in [0.15, 0.2) is 0 Å². The largest absolute Gasteiger partial charge is 0.506 e. The number of rotatable bonds is 7. The van der Waals surface area contributed by atoms with E-state index in [1.54, 1.807) is 50.2 Å². The van der Waals surface area contributed by atoms with E-state index in [9.17, 15) is 36.2 Å². The van der Waals surface area contributed by atoms with Crippen LogP contribution in [0.1, 0.15) is 18.6 Å². The number of hydrogen-bond donors (Lipinski definition) is 4. The van der Waals surface area contributed by atoms with Crippen LogP contribution in [0.5, 0.6) is 11.5 Å². The Morgan fingerprint density at radius 2 is 0.878 bits per heavy atom. The molecule has 0 bridgehead atoms. The highest BCUT2D eigenvalue weighted by atomic mass is 32.2. The molecule has 0 aromatic heterocycles. The fourth-order valence-electron chi connectivity index (χ4n) is 5.32. The van der Waals surface area contributed by atoms with Crippen LogP contribution < -0.4 is 0 Å². The first-order valence-electron chi connectivity index (χ1n) is 14.2. The molecule has 12 nitrogen and oxygen atoms in total. The van der Waals surface area contributed by atoms with E-state index in [-0.39, 0.29) is 52.8 Å². The number of nitrogens with zero attached hydrogens (tertiary/aromatic N) is 4. The fourth-order valence-corrected chi connectivity index (χ4v) is 6.74. The van der Waals surface area contributed by atoms with Crippen LogP contribution in [0.25, 0.3) is 32.7 Å². The van der Waals surface area contributed by atoms with E-state index in [4.69, 9.17) is 0 Å². The number of benzene rings is 6. The molecule has 6 aromatic rings. The average Bonchev–Trinajstić information content (AvgIpc) is 3.03. The molecule has 0 aliphatic rings. The second-order valence-electron chi connectivity index (χ2n) is 10.9. The van der Waals surface area contributed by atoms with Crippen molar-refractivity contribution in [2.75, 3.05) is 0 Å². The van der Waals surface area contributed by atoms with Gasteiger partial charge < -0.3 is 10.2 Å². The smallest absolute Gasteiger partial charge is 0.295 e. The summed E-state index contributed by atoms with van der Waals surface area (Å²) in [5.74, 6) is -0.328. The van der Waals surface area contributed by atoms with Crippen LogP contribution in [0, 0.1) is 13.8 Å². The Labute approximate surface area is 282 Å². The van der Waals surface area contributed by atoms with Crippen LogP contribution in [-0.4, -0.2) is 36.2 Å². The minimum Gasteiger partial charge on any atom is -0.506 e. The summed E-state index contributed by atoms with van der Waals surface area (Å²) >= 11 is 0. The number of hydrogen-bond acceptors (Lipinski definition) is 10. The zero-order chi connectivity index (χ0) is 34.4. The third-order valence-electron chi connectivity index (χ3n) is 7.72. The molecule has 0 amide bonds. The highest BCUT2D eigenvalue weighted by molar-refractivity contribution is 7.86. The minimum atomic E-state index is -5.00. The number of phenolic OH excluding ortho intramolecular Hbond substituents is 2. The number of azo groups is 2. The van der Waals surface area contributed by atoms with E-state index in [0.717, 1.165) is 22.9 Å². The van der Waals surface area contributed by atoms with Crippen molar-refractivity contribution in [2.24, 2.45) is 20.5 Å². The first kappa shape index (κ1) is 34.8. The van der Waals surface area contributed by atoms with Gasteiger partial charge in [-0.3, -0.25) is 9.11 Å². The Morgan fingerprint density at radius 3 is 1.24 bits per heavy atom. The fraction of sp³-hybridized carbons (Fsp3) is 0.0857. The van der Waals surface area contributed by atoms with E-state index >= 15 is 0 Å². The second-order valence-corrected chi connectivity index (χ2v) is 13.7. The minimum absolute atomic E-state index is 0. The average molecular weight is 699 g/mol. The molecule has 6 rings (SSSR count). The van der Waals surface area contributed by atoms with Gasteiger partial charge in [0.25, 0.3) is 20.2 Å². The number of fused-ring (bicyclic) bond motifs is 2. The molecule has 0 aliphatic heterocycles. The lowest BCUT2D eigenvalue weighted by atomic mass is 9.99. The summed E-state index contributed by atoms with van der Waals surface area (Å²) < 4.78 is 71.2. The quantitative estimate of drug-likeness (QED) is 0.0932. The normalized spacial score (nSPS) is 12.2. The van der Waals surface area contributed by atoms with Crippen LogP contribution in [0.4, 0.5) is 22.7 Å². The molecule has 6 aromatic carbocycles. The van der Waals surface area contributed by atoms with E-state index in [0.29, 0.717) is 21.9 Å². The zero-order valence-electron chi connectivity index (χ0n) is 25.3. The van der Waals surface area contributed by atoms with Gasteiger partial charge in [-0.25, -0.2) is 0 Å². The van der Waals surface area contributed by atoms with Gasteiger partial charge in [0.2, 0.25) is 0 Å². The van der Waals surface area contributed by atoms with E-state index in [2.05, 4.69) is 20.5 Å². The predicted molar refractivity (Wildman–Crippen MR) is 187 cm³/mol. The van der Waals surface area contributed by atoms with Gasteiger partial charge in [-0.1, -0.05) is 68.1 Å². The molecular weight excluding hydrogens is 669 g/mol. The lowest BCUT2D eigenvalue weighted by Gasteiger charge is -2.15. The summed E-state index contributed by atoms with van der Waals surface area (Å²) in [5.41, 5.74) is 0.450. The maximum atomic E-state index is 12.7. The van der Waals surface area contributed by atoms with Gasteiger partial charge in [0, 0.05) is 21.9 Å². The van der Waals surface area contributed by atoms with Crippen molar-refractivity contribution in [3.8, 4) is 22.6 Å². The van der Waals surface area contributed by atoms with Crippen LogP contribution in [-0.2, 0) is 20.2 Å². The van der Waals surface area contributed by atoms with Gasteiger partial charge in [-0.15, -0.1) is 10.2 Å². The van der Waals surface area contributed by atoms with E-state index in [1.165, 1.54) is 24.3 Å². The molecule has 4 N–H and O–H groups in total. The highest BCUT2D eigenvalue weighted by Gasteiger charge is 2.26. The lowest BCUT2D eigenvalue weighted by Crippen LogP contribution is -2.06. The molecule has 14 heteroatoms. The van der Waals surface area contributed by atoms with E-state index < -0.39 is 30.0 Å². The van der Waals surface area contributed by atoms with Crippen LogP contribution in [0.2, 0.25) is 0 Å². The molecule has 250 valence electrons. The number of aryl methyl sites for hydroxylation is 2. The van der Waals surface area contributed by atoms with Crippen LogP contribution in [0.15, 0.2) is 127 Å². The summed E-state index contributed by atoms with van der Waals surface area (Å²) in [4.78, 5) is -1.41. The van der Waals surface area contributed by atoms with Crippen LogP contribution >= 0.6 is 0 Å². The summed E-state index contributed by atoms with van der Waals surface area (Å²) in [6.07, 6.45) is 0. The van der Waals surface area contributed by atoms with Crippen molar-refractivity contribution in [3.63, 3.8) is 0 Å². The van der Waals surface area contributed by atoms with Crippen molar-refractivity contribution >= 4 is 64.5 Å². The Kier molecular flexibility index (Phi) is 9.35. The van der Waals surface area contributed by atoms with Crippen molar-refractivity contribution in [2.45, 2.75) is 31.1 Å². The molecule has 0 radical (unpaired) electrons. The molecule has 0 aliphatic carbocycles. The molecule has 0 fully saturated rings. The maximum absolute atomic E-state index is 12.7. The summed E-state index contributed by atoms with van der Waals surface area (Å²) in [7, 11) is -10.0. The third-order valence-corrected chi connectivity index (χ3v) is 9.50. The van der Waals surface area contributed by atoms with Gasteiger partial charge >= 0.3 is 0 Å². The van der Waals surface area contributed by atoms with E-state index in [1.807, 2.05) is 24.3 Å². The summed E-state index contributed by atoms with van der Waals surface area (Å²) in [5, 5.41) is 40.3. The summed E-state index contributed by atoms with van der Waals surface area (Å²) in [6.45, 7) is 3.13. The van der Waals surface area contributed by atoms with Crippen molar-refractivity contribution < 1.29 is 36.2 Å².